The lowest BCUT2D eigenvalue weighted by molar-refractivity contribution is 0.0953. The van der Waals surface area contributed by atoms with E-state index in [1.54, 1.807) is 16.1 Å². The van der Waals surface area contributed by atoms with Crippen molar-refractivity contribution in [2.75, 3.05) is 6.54 Å². The van der Waals surface area contributed by atoms with Gasteiger partial charge in [0.2, 0.25) is 0 Å². The first-order chi connectivity index (χ1) is 11.2. The van der Waals surface area contributed by atoms with Gasteiger partial charge in [-0.1, -0.05) is 37.0 Å². The minimum atomic E-state index is -0.0753. The lowest BCUT2D eigenvalue weighted by atomic mass is 10.2. The van der Waals surface area contributed by atoms with Crippen LogP contribution in [0.1, 0.15) is 30.1 Å². The normalized spacial score (nSPS) is 10.8. The maximum absolute atomic E-state index is 12.4. The molecule has 4 nitrogen and oxygen atoms in total. The Bertz CT molecular complexity index is 878. The van der Waals surface area contributed by atoms with Crippen LogP contribution in [0.25, 0.3) is 15.8 Å². The van der Waals surface area contributed by atoms with Gasteiger partial charge in [0.05, 0.1) is 15.8 Å². The number of hydrogen-bond acceptors (Lipinski definition) is 3. The Morgan fingerprint density at radius 2 is 1.87 bits per heavy atom. The van der Waals surface area contributed by atoms with Gasteiger partial charge in [0.1, 0.15) is 0 Å². The standard InChI is InChI=1S/C18H18N2O2S/c1-2-3-12-19-17(21)13-8-10-14(11-9-13)20-18(22)15-6-4-5-7-16(15)23-20/h4-11H,2-3,12H2,1H3,(H,19,21). The van der Waals surface area contributed by atoms with Gasteiger partial charge in [0.15, 0.2) is 0 Å². The van der Waals surface area contributed by atoms with Gasteiger partial charge in [0, 0.05) is 12.1 Å². The third-order valence-electron chi connectivity index (χ3n) is 3.67. The van der Waals surface area contributed by atoms with Crippen LogP contribution in [0, 0.1) is 0 Å². The Hall–Kier alpha value is -2.40. The number of carbonyl (C=O) groups excluding carboxylic acids is 1. The van der Waals surface area contributed by atoms with E-state index in [1.807, 2.05) is 36.4 Å². The fourth-order valence-electron chi connectivity index (χ4n) is 2.37. The van der Waals surface area contributed by atoms with Crippen molar-refractivity contribution in [3.63, 3.8) is 0 Å². The first-order valence-corrected chi connectivity index (χ1v) is 8.47. The topological polar surface area (TPSA) is 51.1 Å². The van der Waals surface area contributed by atoms with Gasteiger partial charge in [-0.3, -0.25) is 9.59 Å². The fourth-order valence-corrected chi connectivity index (χ4v) is 3.37. The van der Waals surface area contributed by atoms with Gasteiger partial charge < -0.3 is 5.32 Å². The summed E-state index contributed by atoms with van der Waals surface area (Å²) in [4.78, 5) is 24.4. The molecule has 118 valence electrons. The van der Waals surface area contributed by atoms with E-state index in [2.05, 4.69) is 12.2 Å². The lowest BCUT2D eigenvalue weighted by Crippen LogP contribution is -2.24. The molecule has 0 aliphatic carbocycles. The van der Waals surface area contributed by atoms with Crippen molar-refractivity contribution in [2.24, 2.45) is 0 Å². The highest BCUT2D eigenvalue weighted by molar-refractivity contribution is 7.14. The van der Waals surface area contributed by atoms with Crippen LogP contribution in [0.5, 0.6) is 0 Å². The molecule has 3 aromatic rings. The highest BCUT2D eigenvalue weighted by atomic mass is 32.1. The second-order valence-electron chi connectivity index (χ2n) is 5.34. The first-order valence-electron chi connectivity index (χ1n) is 7.70. The summed E-state index contributed by atoms with van der Waals surface area (Å²) in [6.07, 6.45) is 2.02. The molecule has 0 atom stereocenters. The number of nitrogens with zero attached hydrogens (tertiary/aromatic N) is 1. The molecular weight excluding hydrogens is 308 g/mol. The van der Waals surface area contributed by atoms with E-state index < -0.39 is 0 Å². The molecule has 0 fully saturated rings. The zero-order chi connectivity index (χ0) is 16.2. The van der Waals surface area contributed by atoms with Gasteiger partial charge >= 0.3 is 0 Å². The molecule has 0 bridgehead atoms. The van der Waals surface area contributed by atoms with E-state index >= 15 is 0 Å². The summed E-state index contributed by atoms with van der Waals surface area (Å²) in [5.41, 5.74) is 1.37. The number of carbonyl (C=O) groups is 1. The highest BCUT2D eigenvalue weighted by Crippen LogP contribution is 2.20. The van der Waals surface area contributed by atoms with E-state index in [1.165, 1.54) is 11.5 Å². The number of rotatable bonds is 5. The summed E-state index contributed by atoms with van der Waals surface area (Å²) in [5.74, 6) is -0.0753. The van der Waals surface area contributed by atoms with E-state index in [-0.39, 0.29) is 11.5 Å². The predicted octanol–water partition coefficient (Wildman–Crippen LogP) is 3.58. The van der Waals surface area contributed by atoms with Crippen molar-refractivity contribution >= 4 is 27.5 Å². The largest absolute Gasteiger partial charge is 0.352 e. The molecule has 0 aliphatic rings. The number of amides is 1. The van der Waals surface area contributed by atoms with Crippen LogP contribution in [0.3, 0.4) is 0 Å². The highest BCUT2D eigenvalue weighted by Gasteiger charge is 2.10. The zero-order valence-corrected chi connectivity index (χ0v) is 13.7. The van der Waals surface area contributed by atoms with Gasteiger partial charge in [-0.15, -0.1) is 0 Å². The molecule has 0 aliphatic heterocycles. The van der Waals surface area contributed by atoms with Gasteiger partial charge in [-0.25, -0.2) is 3.96 Å². The van der Waals surface area contributed by atoms with Crippen LogP contribution in [0.4, 0.5) is 0 Å². The van der Waals surface area contributed by atoms with Crippen LogP contribution in [-0.2, 0) is 0 Å². The average Bonchev–Trinajstić information content (AvgIpc) is 2.92. The minimum Gasteiger partial charge on any atom is -0.352 e. The van der Waals surface area contributed by atoms with Crippen LogP contribution in [-0.4, -0.2) is 16.4 Å². The van der Waals surface area contributed by atoms with Crippen molar-refractivity contribution in [2.45, 2.75) is 19.8 Å². The minimum absolute atomic E-state index is 0.0225. The van der Waals surface area contributed by atoms with E-state index in [9.17, 15) is 9.59 Å². The molecule has 0 unspecified atom stereocenters. The fraction of sp³-hybridized carbons (Fsp3) is 0.222. The SMILES string of the molecule is CCCCNC(=O)c1ccc(-n2sc3ccccc3c2=O)cc1. The second-order valence-corrected chi connectivity index (χ2v) is 6.33. The molecule has 0 radical (unpaired) electrons. The summed E-state index contributed by atoms with van der Waals surface area (Å²) in [5, 5.41) is 3.61. The predicted molar refractivity (Wildman–Crippen MR) is 94.7 cm³/mol. The Morgan fingerprint density at radius 1 is 1.13 bits per heavy atom. The molecule has 23 heavy (non-hydrogen) atoms. The van der Waals surface area contributed by atoms with Crippen molar-refractivity contribution in [1.29, 1.82) is 0 Å². The average molecular weight is 326 g/mol. The second kappa shape index (κ2) is 6.79. The maximum atomic E-state index is 12.4. The lowest BCUT2D eigenvalue weighted by Gasteiger charge is -2.05. The monoisotopic (exact) mass is 326 g/mol. The Morgan fingerprint density at radius 3 is 2.57 bits per heavy atom. The van der Waals surface area contributed by atoms with Crippen molar-refractivity contribution in [3.05, 3.63) is 64.4 Å². The van der Waals surface area contributed by atoms with Gasteiger partial charge in [-0.05, 0) is 42.8 Å². The summed E-state index contributed by atoms with van der Waals surface area (Å²) >= 11 is 1.41. The number of nitrogens with one attached hydrogen (secondary N) is 1. The van der Waals surface area contributed by atoms with Gasteiger partial charge in [-0.2, -0.15) is 0 Å². The number of aromatic nitrogens is 1. The zero-order valence-electron chi connectivity index (χ0n) is 12.9. The molecule has 1 aromatic heterocycles. The molecule has 0 saturated carbocycles. The summed E-state index contributed by atoms with van der Waals surface area (Å²) < 4.78 is 2.61. The van der Waals surface area contributed by atoms with Gasteiger partial charge in [0.25, 0.3) is 11.5 Å². The number of hydrogen-bond donors (Lipinski definition) is 1. The molecular formula is C18H18N2O2S. The summed E-state index contributed by atoms with van der Waals surface area (Å²) in [6.45, 7) is 2.77. The van der Waals surface area contributed by atoms with Crippen molar-refractivity contribution < 1.29 is 4.79 Å². The molecule has 3 rings (SSSR count). The molecule has 0 saturated heterocycles. The third-order valence-corrected chi connectivity index (χ3v) is 4.78. The summed E-state index contributed by atoms with van der Waals surface area (Å²) in [6, 6.07) is 14.7. The molecule has 1 heterocycles. The van der Waals surface area contributed by atoms with E-state index in [0.29, 0.717) is 12.1 Å². The summed E-state index contributed by atoms with van der Waals surface area (Å²) in [7, 11) is 0. The quantitative estimate of drug-likeness (QED) is 0.729. The van der Waals surface area contributed by atoms with Crippen LogP contribution < -0.4 is 10.9 Å². The molecule has 1 N–H and O–H groups in total. The van der Waals surface area contributed by atoms with Crippen molar-refractivity contribution in [3.8, 4) is 5.69 Å². The van der Waals surface area contributed by atoms with E-state index in [0.717, 1.165) is 28.6 Å². The molecule has 0 spiro atoms. The maximum Gasteiger partial charge on any atom is 0.273 e. The van der Waals surface area contributed by atoms with Crippen LogP contribution in [0.2, 0.25) is 0 Å². The third kappa shape index (κ3) is 3.19. The van der Waals surface area contributed by atoms with Crippen LogP contribution >= 0.6 is 11.5 Å². The Balaban J connectivity index is 1.85. The molecule has 1 amide bonds. The number of unbranched alkanes of at least 4 members (excludes halogenated alkanes) is 1. The Labute approximate surface area is 138 Å². The van der Waals surface area contributed by atoms with Crippen LogP contribution in [0.15, 0.2) is 53.3 Å². The number of fused-ring (bicyclic) bond motifs is 1. The molecule has 5 heteroatoms. The first kappa shape index (κ1) is 15.5. The smallest absolute Gasteiger partial charge is 0.273 e. The number of benzene rings is 2. The Kier molecular flexibility index (Phi) is 4.57. The van der Waals surface area contributed by atoms with Crippen molar-refractivity contribution in [1.82, 2.24) is 9.27 Å². The molecule has 2 aromatic carbocycles. The van der Waals surface area contributed by atoms with E-state index in [4.69, 9.17) is 0 Å².